The van der Waals surface area contributed by atoms with Gasteiger partial charge in [0, 0.05) is 12.8 Å². The van der Waals surface area contributed by atoms with Gasteiger partial charge < -0.3 is 25.2 Å². The summed E-state index contributed by atoms with van der Waals surface area (Å²) < 4.78 is 32.5. The van der Waals surface area contributed by atoms with E-state index in [2.05, 4.69) is 103 Å². The van der Waals surface area contributed by atoms with Crippen molar-refractivity contribution in [2.75, 3.05) is 19.8 Å². The molecular weight excluding hydrogens is 709 g/mol. The first-order chi connectivity index (χ1) is 26.1. The fourth-order valence-electron chi connectivity index (χ4n) is 4.60. The smallest absolute Gasteiger partial charge is 0.472 e. The number of allylic oxidation sites excluding steroid dienone is 14. The number of carboxylic acids is 1. The fourth-order valence-corrected chi connectivity index (χ4v) is 5.38. The second-order valence-corrected chi connectivity index (χ2v) is 14.1. The third-order valence-corrected chi connectivity index (χ3v) is 8.59. The Morgan fingerprint density at radius 2 is 0.981 bits per heavy atom. The molecule has 0 bridgehead atoms. The Kier molecular flexibility index (Phi) is 34.4. The first kappa shape index (κ1) is 50.7. The molecule has 0 aromatic rings. The molecule has 0 aliphatic heterocycles. The predicted octanol–water partition coefficient (Wildman–Crippen LogP) is 9.94. The summed E-state index contributed by atoms with van der Waals surface area (Å²) in [5, 5.41) is 8.87. The number of unbranched alkanes of at least 4 members (excludes halogenated alkanes) is 7. The molecule has 12 heteroatoms. The van der Waals surface area contributed by atoms with Crippen LogP contribution in [0.1, 0.15) is 129 Å². The zero-order valence-electron chi connectivity index (χ0n) is 32.8. The van der Waals surface area contributed by atoms with Crippen molar-refractivity contribution in [3.8, 4) is 0 Å². The van der Waals surface area contributed by atoms with Gasteiger partial charge in [-0.3, -0.25) is 23.4 Å². The normalized spacial score (nSPS) is 14.7. The maximum atomic E-state index is 12.6. The minimum atomic E-state index is -4.73. The summed E-state index contributed by atoms with van der Waals surface area (Å²) in [6.07, 6.45) is 43.7. The largest absolute Gasteiger partial charge is 0.480 e. The number of nitrogens with two attached hydrogens (primary N) is 1. The third kappa shape index (κ3) is 35.7. The van der Waals surface area contributed by atoms with Crippen molar-refractivity contribution >= 4 is 25.7 Å². The van der Waals surface area contributed by atoms with E-state index in [1.165, 1.54) is 0 Å². The number of rotatable bonds is 35. The van der Waals surface area contributed by atoms with Crippen LogP contribution < -0.4 is 5.73 Å². The zero-order chi connectivity index (χ0) is 40.0. The lowest BCUT2D eigenvalue weighted by atomic mass is 10.1. The molecule has 54 heavy (non-hydrogen) atoms. The van der Waals surface area contributed by atoms with Gasteiger partial charge in [-0.15, -0.1) is 0 Å². The molecule has 0 aromatic carbocycles. The van der Waals surface area contributed by atoms with E-state index in [1.807, 2.05) is 0 Å². The van der Waals surface area contributed by atoms with Crippen molar-refractivity contribution in [1.29, 1.82) is 0 Å². The van der Waals surface area contributed by atoms with Gasteiger partial charge in [-0.2, -0.15) is 0 Å². The molecule has 0 amide bonds. The van der Waals surface area contributed by atoms with E-state index in [9.17, 15) is 23.8 Å². The molecule has 0 spiro atoms. The van der Waals surface area contributed by atoms with Crippen LogP contribution in [0.25, 0.3) is 0 Å². The van der Waals surface area contributed by atoms with E-state index < -0.39 is 51.1 Å². The van der Waals surface area contributed by atoms with Gasteiger partial charge in [0.2, 0.25) is 0 Å². The summed E-state index contributed by atoms with van der Waals surface area (Å²) in [5.41, 5.74) is 5.32. The van der Waals surface area contributed by atoms with Crippen LogP contribution in [0.5, 0.6) is 0 Å². The van der Waals surface area contributed by atoms with Gasteiger partial charge in [-0.05, 0) is 83.5 Å². The molecule has 4 N–H and O–H groups in total. The van der Waals surface area contributed by atoms with Gasteiger partial charge in [0.25, 0.3) is 0 Å². The van der Waals surface area contributed by atoms with Gasteiger partial charge in [-0.25, -0.2) is 4.57 Å². The van der Waals surface area contributed by atoms with Crippen molar-refractivity contribution in [3.05, 3.63) is 85.1 Å². The highest BCUT2D eigenvalue weighted by atomic mass is 31.2. The molecule has 0 saturated carbocycles. The van der Waals surface area contributed by atoms with Crippen molar-refractivity contribution in [2.24, 2.45) is 5.73 Å². The van der Waals surface area contributed by atoms with Crippen molar-refractivity contribution < 1.29 is 47.5 Å². The molecule has 0 aliphatic rings. The molecule has 0 fully saturated rings. The maximum absolute atomic E-state index is 12.6. The Bertz CT molecular complexity index is 1240. The lowest BCUT2D eigenvalue weighted by molar-refractivity contribution is -0.161. The van der Waals surface area contributed by atoms with E-state index >= 15 is 0 Å². The van der Waals surface area contributed by atoms with Crippen LogP contribution in [-0.2, 0) is 37.5 Å². The molecule has 3 unspecified atom stereocenters. The van der Waals surface area contributed by atoms with Crippen LogP contribution in [0.2, 0.25) is 0 Å². The minimum Gasteiger partial charge on any atom is -0.480 e. The number of hydrogen-bond donors (Lipinski definition) is 3. The van der Waals surface area contributed by atoms with E-state index in [4.69, 9.17) is 24.8 Å². The standard InChI is InChI=1S/C42H68NO10P/c1-3-5-7-9-11-13-15-17-18-19-20-22-24-26-28-30-32-34-41(45)53-38(36-51-54(48,49)52-37-39(43)42(46)47)35-50-40(44)33-31-29-27-25-23-21-16-14-12-10-8-6-4-2/h5-8,11-14,17-18,20-23,38-39H,3-4,9-10,15-16,19,24-37,43H2,1-2H3,(H,46,47)(H,48,49)/b7-5-,8-6-,13-11-,14-12-,18-17-,22-20-,23-21-. The topological polar surface area (TPSA) is 172 Å². The fraction of sp³-hybridized carbons (Fsp3) is 0.595. The lowest BCUT2D eigenvalue weighted by Crippen LogP contribution is -2.34. The number of carboxylic acid groups (broad SMARTS) is 1. The maximum Gasteiger partial charge on any atom is 0.472 e. The molecule has 3 atom stereocenters. The van der Waals surface area contributed by atoms with Crippen LogP contribution in [0.3, 0.4) is 0 Å². The second kappa shape index (κ2) is 36.6. The molecule has 0 heterocycles. The minimum absolute atomic E-state index is 0.121. The average Bonchev–Trinajstić information content (AvgIpc) is 3.14. The number of esters is 2. The number of ether oxygens (including phenoxy) is 2. The summed E-state index contributed by atoms with van der Waals surface area (Å²) in [6.45, 7) is 2.48. The van der Waals surface area contributed by atoms with Gasteiger partial charge in [0.15, 0.2) is 6.10 Å². The van der Waals surface area contributed by atoms with Crippen molar-refractivity contribution in [2.45, 2.75) is 142 Å². The summed E-state index contributed by atoms with van der Waals surface area (Å²) in [4.78, 5) is 45.8. The quantitative estimate of drug-likeness (QED) is 0.0242. The highest BCUT2D eigenvalue weighted by molar-refractivity contribution is 7.47. The molecule has 0 radical (unpaired) electrons. The van der Waals surface area contributed by atoms with E-state index in [0.717, 1.165) is 89.9 Å². The Morgan fingerprint density at radius 1 is 0.574 bits per heavy atom. The molecule has 0 rings (SSSR count). The Labute approximate surface area is 324 Å². The number of phosphoric ester groups is 1. The molecule has 0 aliphatic carbocycles. The Hall–Kier alpha value is -3.34. The SMILES string of the molecule is CC/C=C\C/C=C\C/C=C\C/C=C\CCCCCCC(=O)OC(COC(=O)CCCCC/C=C\C/C=C\C/C=C\CC)COP(=O)(O)OCC(N)C(=O)O. The van der Waals surface area contributed by atoms with Gasteiger partial charge in [-0.1, -0.05) is 118 Å². The van der Waals surface area contributed by atoms with Crippen LogP contribution in [0, 0.1) is 0 Å². The highest BCUT2D eigenvalue weighted by Crippen LogP contribution is 2.43. The number of carbonyl (C=O) groups is 3. The predicted molar refractivity (Wildman–Crippen MR) is 217 cm³/mol. The average molecular weight is 778 g/mol. The Morgan fingerprint density at radius 3 is 1.46 bits per heavy atom. The number of phosphoric acid groups is 1. The number of aliphatic carboxylic acids is 1. The first-order valence-corrected chi connectivity index (χ1v) is 21.1. The number of hydrogen-bond acceptors (Lipinski definition) is 9. The molecule has 0 aromatic heterocycles. The van der Waals surface area contributed by atoms with E-state index in [0.29, 0.717) is 12.8 Å². The van der Waals surface area contributed by atoms with Gasteiger partial charge >= 0.3 is 25.7 Å². The highest BCUT2D eigenvalue weighted by Gasteiger charge is 2.28. The summed E-state index contributed by atoms with van der Waals surface area (Å²) in [5.74, 6) is -2.46. The van der Waals surface area contributed by atoms with Crippen LogP contribution in [0.4, 0.5) is 0 Å². The first-order valence-electron chi connectivity index (χ1n) is 19.6. The Balaban J connectivity index is 4.53. The summed E-state index contributed by atoms with van der Waals surface area (Å²) in [7, 11) is -4.73. The third-order valence-electron chi connectivity index (χ3n) is 7.64. The zero-order valence-corrected chi connectivity index (χ0v) is 33.7. The summed E-state index contributed by atoms with van der Waals surface area (Å²) >= 11 is 0. The second-order valence-electron chi connectivity index (χ2n) is 12.6. The van der Waals surface area contributed by atoms with E-state index in [-0.39, 0.29) is 19.4 Å². The van der Waals surface area contributed by atoms with Crippen molar-refractivity contribution in [1.82, 2.24) is 0 Å². The van der Waals surface area contributed by atoms with Crippen LogP contribution in [0.15, 0.2) is 85.1 Å². The molecule has 11 nitrogen and oxygen atoms in total. The monoisotopic (exact) mass is 777 g/mol. The summed E-state index contributed by atoms with van der Waals surface area (Å²) in [6, 6.07) is -1.53. The molecular formula is C42H68NO10P. The van der Waals surface area contributed by atoms with Crippen molar-refractivity contribution in [3.63, 3.8) is 0 Å². The van der Waals surface area contributed by atoms with Crippen LogP contribution >= 0.6 is 7.82 Å². The van der Waals surface area contributed by atoms with E-state index in [1.54, 1.807) is 0 Å². The van der Waals surface area contributed by atoms with Crippen LogP contribution in [-0.4, -0.2) is 59.9 Å². The molecule has 306 valence electrons. The number of carbonyl (C=O) groups excluding carboxylic acids is 2. The van der Waals surface area contributed by atoms with Gasteiger partial charge in [0.1, 0.15) is 12.6 Å². The van der Waals surface area contributed by atoms with Gasteiger partial charge in [0.05, 0.1) is 13.2 Å². The molecule has 0 saturated heterocycles. The lowest BCUT2D eigenvalue weighted by Gasteiger charge is -2.20.